The lowest BCUT2D eigenvalue weighted by molar-refractivity contribution is -0.384. The molecule has 1 aromatic carbocycles. The number of hydrogen-bond donors (Lipinski definition) is 2. The molecule has 7 nitrogen and oxygen atoms in total. The highest BCUT2D eigenvalue weighted by Crippen LogP contribution is 2.15. The van der Waals surface area contributed by atoms with Crippen LogP contribution in [0.2, 0.25) is 0 Å². The van der Waals surface area contributed by atoms with Gasteiger partial charge in [0.2, 0.25) is 5.91 Å². The number of carbonyl (C=O) groups excluding carboxylic acids is 1. The standard InChI is InChI=1S/C15H16N2O5/c1-10-2-7-14(22-10)13(18)9-16-15(19)8-11-3-5-12(6-4-11)17(20)21/h2-7,13,18H,8-9H2,1H3,(H,16,19). The minimum absolute atomic E-state index is 0.0206. The van der Waals surface area contributed by atoms with Crippen molar-refractivity contribution in [3.05, 3.63) is 63.6 Å². The Kier molecular flexibility index (Phi) is 4.90. The lowest BCUT2D eigenvalue weighted by Gasteiger charge is -2.09. The van der Waals surface area contributed by atoms with Crippen LogP contribution >= 0.6 is 0 Å². The molecule has 0 saturated heterocycles. The average Bonchev–Trinajstić information content (AvgIpc) is 2.92. The molecule has 2 aromatic rings. The number of aryl methyl sites for hydroxylation is 1. The number of nitro groups is 1. The number of hydrogen-bond acceptors (Lipinski definition) is 5. The maximum Gasteiger partial charge on any atom is 0.269 e. The molecule has 0 bridgehead atoms. The van der Waals surface area contributed by atoms with Crippen molar-refractivity contribution < 1.29 is 19.2 Å². The van der Waals surface area contributed by atoms with Crippen molar-refractivity contribution in [2.45, 2.75) is 19.4 Å². The van der Waals surface area contributed by atoms with E-state index in [-0.39, 0.29) is 24.6 Å². The quantitative estimate of drug-likeness (QED) is 0.626. The van der Waals surface area contributed by atoms with Gasteiger partial charge in [0.25, 0.3) is 5.69 Å². The Morgan fingerprint density at radius 3 is 2.55 bits per heavy atom. The highest BCUT2D eigenvalue weighted by Gasteiger charge is 2.13. The Labute approximate surface area is 126 Å². The number of rotatable bonds is 6. The third-order valence-electron chi connectivity index (χ3n) is 3.09. The van der Waals surface area contributed by atoms with Crippen LogP contribution in [-0.2, 0) is 11.2 Å². The molecule has 0 aliphatic heterocycles. The van der Waals surface area contributed by atoms with Gasteiger partial charge in [-0.05, 0) is 24.6 Å². The molecule has 1 unspecified atom stereocenters. The molecular weight excluding hydrogens is 288 g/mol. The van der Waals surface area contributed by atoms with Crippen LogP contribution in [-0.4, -0.2) is 22.5 Å². The number of aliphatic hydroxyl groups excluding tert-OH is 1. The minimum atomic E-state index is -0.908. The Hall–Kier alpha value is -2.67. The number of benzene rings is 1. The third-order valence-corrected chi connectivity index (χ3v) is 3.09. The van der Waals surface area contributed by atoms with E-state index in [0.29, 0.717) is 17.1 Å². The van der Waals surface area contributed by atoms with Gasteiger partial charge < -0.3 is 14.8 Å². The summed E-state index contributed by atoms with van der Waals surface area (Å²) in [6.45, 7) is 1.81. The summed E-state index contributed by atoms with van der Waals surface area (Å²) in [4.78, 5) is 21.8. The first-order valence-electron chi connectivity index (χ1n) is 6.70. The highest BCUT2D eigenvalue weighted by atomic mass is 16.6. The second kappa shape index (κ2) is 6.86. The van der Waals surface area contributed by atoms with E-state index >= 15 is 0 Å². The largest absolute Gasteiger partial charge is 0.464 e. The Morgan fingerprint density at radius 2 is 2.00 bits per heavy atom. The second-order valence-corrected chi connectivity index (χ2v) is 4.87. The number of nitrogens with one attached hydrogen (secondary N) is 1. The van der Waals surface area contributed by atoms with Crippen molar-refractivity contribution in [1.29, 1.82) is 0 Å². The highest BCUT2D eigenvalue weighted by molar-refractivity contribution is 5.78. The Morgan fingerprint density at radius 1 is 1.32 bits per heavy atom. The van der Waals surface area contributed by atoms with E-state index in [1.807, 2.05) is 0 Å². The van der Waals surface area contributed by atoms with Gasteiger partial charge in [0, 0.05) is 12.1 Å². The Bertz CT molecular complexity index is 663. The van der Waals surface area contributed by atoms with Gasteiger partial charge in [-0.25, -0.2) is 0 Å². The van der Waals surface area contributed by atoms with Gasteiger partial charge in [0.1, 0.15) is 17.6 Å². The molecule has 0 spiro atoms. The van der Waals surface area contributed by atoms with Crippen molar-refractivity contribution in [3.8, 4) is 0 Å². The number of nitrogens with zero attached hydrogens (tertiary/aromatic N) is 1. The number of carbonyl (C=O) groups is 1. The predicted octanol–water partition coefficient (Wildman–Crippen LogP) is 1.89. The van der Waals surface area contributed by atoms with Crippen molar-refractivity contribution in [1.82, 2.24) is 5.32 Å². The topological polar surface area (TPSA) is 106 Å². The van der Waals surface area contributed by atoms with Crippen molar-refractivity contribution >= 4 is 11.6 Å². The van der Waals surface area contributed by atoms with E-state index in [2.05, 4.69) is 5.32 Å². The van der Waals surface area contributed by atoms with Gasteiger partial charge in [-0.1, -0.05) is 12.1 Å². The molecule has 1 amide bonds. The third kappa shape index (κ3) is 4.16. The van der Waals surface area contributed by atoms with Crippen LogP contribution in [0.5, 0.6) is 0 Å². The summed E-state index contributed by atoms with van der Waals surface area (Å²) in [7, 11) is 0. The number of amides is 1. The normalized spacial score (nSPS) is 11.9. The summed E-state index contributed by atoms with van der Waals surface area (Å²) in [5.74, 6) is 0.801. The number of aliphatic hydroxyl groups is 1. The van der Waals surface area contributed by atoms with Gasteiger partial charge in [-0.15, -0.1) is 0 Å². The fourth-order valence-electron chi connectivity index (χ4n) is 1.93. The summed E-state index contributed by atoms with van der Waals surface area (Å²) in [5, 5.41) is 23.0. The summed E-state index contributed by atoms with van der Waals surface area (Å²) in [5.41, 5.74) is 0.638. The molecular formula is C15H16N2O5. The van der Waals surface area contributed by atoms with Crippen LogP contribution in [0, 0.1) is 17.0 Å². The van der Waals surface area contributed by atoms with Crippen LogP contribution in [0.4, 0.5) is 5.69 Å². The number of non-ortho nitro benzene ring substituents is 1. The molecule has 0 aliphatic carbocycles. The number of furan rings is 1. The molecule has 0 aliphatic rings. The molecule has 2 rings (SSSR count). The van der Waals surface area contributed by atoms with E-state index < -0.39 is 11.0 Å². The summed E-state index contributed by atoms with van der Waals surface area (Å²) >= 11 is 0. The molecule has 0 fully saturated rings. The molecule has 2 N–H and O–H groups in total. The lowest BCUT2D eigenvalue weighted by atomic mass is 10.1. The second-order valence-electron chi connectivity index (χ2n) is 4.87. The zero-order chi connectivity index (χ0) is 16.1. The van der Waals surface area contributed by atoms with Crippen LogP contribution in [0.25, 0.3) is 0 Å². The van der Waals surface area contributed by atoms with Crippen molar-refractivity contribution in [2.75, 3.05) is 6.54 Å². The van der Waals surface area contributed by atoms with Crippen LogP contribution in [0.3, 0.4) is 0 Å². The average molecular weight is 304 g/mol. The first kappa shape index (κ1) is 15.7. The summed E-state index contributed by atoms with van der Waals surface area (Å²) in [6, 6.07) is 9.15. The monoisotopic (exact) mass is 304 g/mol. The van der Waals surface area contributed by atoms with Gasteiger partial charge in [-0.3, -0.25) is 14.9 Å². The smallest absolute Gasteiger partial charge is 0.269 e. The lowest BCUT2D eigenvalue weighted by Crippen LogP contribution is -2.29. The molecule has 1 atom stereocenters. The predicted molar refractivity (Wildman–Crippen MR) is 78.2 cm³/mol. The molecule has 116 valence electrons. The first-order chi connectivity index (χ1) is 10.5. The van der Waals surface area contributed by atoms with Crippen LogP contribution in [0.1, 0.15) is 23.2 Å². The number of nitro benzene ring substituents is 1. The van der Waals surface area contributed by atoms with Gasteiger partial charge >= 0.3 is 0 Å². The molecule has 0 saturated carbocycles. The SMILES string of the molecule is Cc1ccc(C(O)CNC(=O)Cc2ccc([N+](=O)[O-])cc2)o1. The molecule has 22 heavy (non-hydrogen) atoms. The summed E-state index contributed by atoms with van der Waals surface area (Å²) < 4.78 is 5.27. The minimum Gasteiger partial charge on any atom is -0.464 e. The van der Waals surface area contributed by atoms with E-state index in [4.69, 9.17) is 4.42 Å². The van der Waals surface area contributed by atoms with Gasteiger partial charge in [-0.2, -0.15) is 0 Å². The van der Waals surface area contributed by atoms with E-state index in [9.17, 15) is 20.0 Å². The molecule has 7 heteroatoms. The molecule has 1 heterocycles. The van der Waals surface area contributed by atoms with Crippen LogP contribution in [0.15, 0.2) is 40.8 Å². The summed E-state index contributed by atoms with van der Waals surface area (Å²) in [6.07, 6.45) is -0.823. The van der Waals surface area contributed by atoms with Crippen molar-refractivity contribution in [2.24, 2.45) is 0 Å². The molecule has 1 aromatic heterocycles. The zero-order valence-corrected chi connectivity index (χ0v) is 12.0. The van der Waals surface area contributed by atoms with E-state index in [1.165, 1.54) is 24.3 Å². The fraction of sp³-hybridized carbons (Fsp3) is 0.267. The Balaban J connectivity index is 1.83. The molecule has 0 radical (unpaired) electrons. The zero-order valence-electron chi connectivity index (χ0n) is 12.0. The maximum atomic E-state index is 11.8. The van der Waals surface area contributed by atoms with Gasteiger partial charge in [0.15, 0.2) is 0 Å². The fourth-order valence-corrected chi connectivity index (χ4v) is 1.93. The first-order valence-corrected chi connectivity index (χ1v) is 6.70. The van der Waals surface area contributed by atoms with E-state index in [0.717, 1.165) is 0 Å². The maximum absolute atomic E-state index is 11.8. The van der Waals surface area contributed by atoms with Gasteiger partial charge in [0.05, 0.1) is 17.9 Å². The van der Waals surface area contributed by atoms with E-state index in [1.54, 1.807) is 19.1 Å². The van der Waals surface area contributed by atoms with Crippen LogP contribution < -0.4 is 5.32 Å². The van der Waals surface area contributed by atoms with Crippen molar-refractivity contribution in [3.63, 3.8) is 0 Å².